The fourth-order valence-electron chi connectivity index (χ4n) is 3.09. The second kappa shape index (κ2) is 7.10. The Morgan fingerprint density at radius 2 is 1.72 bits per heavy atom. The lowest BCUT2D eigenvalue weighted by atomic mass is 9.94. The van der Waals surface area contributed by atoms with Gasteiger partial charge in [-0.25, -0.2) is 0 Å². The number of likely N-dealkylation sites (tertiary alicyclic amines) is 2. The van der Waals surface area contributed by atoms with Gasteiger partial charge < -0.3 is 15.5 Å². The van der Waals surface area contributed by atoms with Gasteiger partial charge in [0.25, 0.3) is 0 Å². The van der Waals surface area contributed by atoms with Crippen LogP contribution in [-0.4, -0.2) is 55.0 Å². The maximum absolute atomic E-state index is 12.4. The van der Waals surface area contributed by atoms with E-state index in [9.17, 15) is 4.79 Å². The normalized spacial score (nSPS) is 23.3. The van der Waals surface area contributed by atoms with Crippen LogP contribution in [0.4, 0.5) is 0 Å². The minimum Gasteiger partial charge on any atom is -0.342 e. The van der Waals surface area contributed by atoms with Crippen LogP contribution in [0.15, 0.2) is 0 Å². The molecule has 2 saturated heterocycles. The highest BCUT2D eigenvalue weighted by Gasteiger charge is 2.28. The van der Waals surface area contributed by atoms with Gasteiger partial charge in [0.2, 0.25) is 5.91 Å². The van der Waals surface area contributed by atoms with Crippen molar-refractivity contribution in [3.63, 3.8) is 0 Å². The molecule has 18 heavy (non-hydrogen) atoms. The molecule has 0 aromatic rings. The molecule has 0 aromatic carbocycles. The van der Waals surface area contributed by atoms with Crippen molar-refractivity contribution in [2.24, 2.45) is 11.7 Å². The summed E-state index contributed by atoms with van der Waals surface area (Å²) in [6.07, 6.45) is 6.84. The first-order valence-electron chi connectivity index (χ1n) is 7.52. The number of carbonyl (C=O) groups excluding carboxylic acids is 1. The molecule has 2 heterocycles. The maximum atomic E-state index is 12.4. The van der Waals surface area contributed by atoms with Crippen LogP contribution in [0.5, 0.6) is 0 Å². The van der Waals surface area contributed by atoms with Crippen molar-refractivity contribution in [1.82, 2.24) is 9.80 Å². The summed E-state index contributed by atoms with van der Waals surface area (Å²) in [6, 6.07) is 0. The van der Waals surface area contributed by atoms with Crippen LogP contribution >= 0.6 is 0 Å². The number of hydrogen-bond acceptors (Lipinski definition) is 3. The lowest BCUT2D eigenvalue weighted by molar-refractivity contribution is -0.138. The zero-order chi connectivity index (χ0) is 12.8. The van der Waals surface area contributed by atoms with Crippen LogP contribution in [0.2, 0.25) is 0 Å². The van der Waals surface area contributed by atoms with E-state index in [1.807, 2.05) is 0 Å². The van der Waals surface area contributed by atoms with Gasteiger partial charge in [0, 0.05) is 19.0 Å². The number of piperidine rings is 2. The molecule has 0 aromatic heterocycles. The first-order chi connectivity index (χ1) is 8.81. The van der Waals surface area contributed by atoms with Gasteiger partial charge in [-0.05, 0) is 64.7 Å². The Bertz CT molecular complexity index is 256. The van der Waals surface area contributed by atoms with Crippen molar-refractivity contribution in [2.75, 3.05) is 39.3 Å². The Kier molecular flexibility index (Phi) is 5.45. The van der Waals surface area contributed by atoms with Crippen LogP contribution in [0.1, 0.15) is 38.5 Å². The van der Waals surface area contributed by atoms with E-state index in [4.69, 9.17) is 5.73 Å². The predicted molar refractivity (Wildman–Crippen MR) is 73.3 cm³/mol. The summed E-state index contributed by atoms with van der Waals surface area (Å²) in [5, 5.41) is 0. The van der Waals surface area contributed by atoms with Crippen molar-refractivity contribution >= 4 is 5.91 Å². The van der Waals surface area contributed by atoms with Crippen LogP contribution in [0.25, 0.3) is 0 Å². The zero-order valence-corrected chi connectivity index (χ0v) is 11.4. The molecule has 2 fully saturated rings. The van der Waals surface area contributed by atoms with Crippen molar-refractivity contribution < 1.29 is 4.79 Å². The highest BCUT2D eigenvalue weighted by molar-refractivity contribution is 5.79. The molecule has 4 nitrogen and oxygen atoms in total. The Morgan fingerprint density at radius 3 is 2.33 bits per heavy atom. The molecule has 1 amide bonds. The topological polar surface area (TPSA) is 49.6 Å². The standard InChI is InChI=1S/C14H27N3O/c15-7-4-8-16-11-5-13(6-12-16)14(18)17-9-2-1-3-10-17/h13H,1-12,15H2. The second-order valence-corrected chi connectivity index (χ2v) is 5.64. The van der Waals surface area contributed by atoms with Gasteiger partial charge in [-0.15, -0.1) is 0 Å². The summed E-state index contributed by atoms with van der Waals surface area (Å²) >= 11 is 0. The predicted octanol–water partition coefficient (Wildman–Crippen LogP) is 1.06. The monoisotopic (exact) mass is 253 g/mol. The van der Waals surface area contributed by atoms with E-state index < -0.39 is 0 Å². The first kappa shape index (κ1) is 13.8. The maximum Gasteiger partial charge on any atom is 0.225 e. The number of amides is 1. The molecule has 104 valence electrons. The van der Waals surface area contributed by atoms with Crippen LogP contribution in [-0.2, 0) is 4.79 Å². The van der Waals surface area contributed by atoms with Crippen LogP contribution in [0, 0.1) is 5.92 Å². The third-order valence-corrected chi connectivity index (χ3v) is 4.28. The lowest BCUT2D eigenvalue weighted by Crippen LogP contribution is -2.44. The molecule has 4 heteroatoms. The molecule has 2 aliphatic heterocycles. The van der Waals surface area contributed by atoms with Crippen LogP contribution < -0.4 is 5.73 Å². The average Bonchev–Trinajstić information content (AvgIpc) is 2.46. The second-order valence-electron chi connectivity index (χ2n) is 5.64. The number of rotatable bonds is 4. The minimum atomic E-state index is 0.289. The Balaban J connectivity index is 1.73. The highest BCUT2D eigenvalue weighted by atomic mass is 16.2. The van der Waals surface area contributed by atoms with E-state index in [2.05, 4.69) is 9.80 Å². The summed E-state index contributed by atoms with van der Waals surface area (Å²) < 4.78 is 0. The van der Waals surface area contributed by atoms with Gasteiger partial charge in [-0.3, -0.25) is 4.79 Å². The van der Waals surface area contributed by atoms with Gasteiger partial charge in [0.1, 0.15) is 0 Å². The number of nitrogens with zero attached hydrogens (tertiary/aromatic N) is 2. The van der Waals surface area contributed by atoms with Gasteiger partial charge in [0.15, 0.2) is 0 Å². The van der Waals surface area contributed by atoms with E-state index >= 15 is 0 Å². The van der Waals surface area contributed by atoms with Crippen molar-refractivity contribution in [2.45, 2.75) is 38.5 Å². The smallest absolute Gasteiger partial charge is 0.225 e. The summed E-state index contributed by atoms with van der Waals surface area (Å²) in [7, 11) is 0. The van der Waals surface area contributed by atoms with E-state index in [1.165, 1.54) is 19.3 Å². The SMILES string of the molecule is NCCCN1CCC(C(=O)N2CCCCC2)CC1. The van der Waals surface area contributed by atoms with E-state index in [0.717, 1.165) is 58.5 Å². The lowest BCUT2D eigenvalue weighted by Gasteiger charge is -2.35. The third kappa shape index (κ3) is 3.69. The number of hydrogen-bond donors (Lipinski definition) is 1. The molecule has 0 unspecified atom stereocenters. The largest absolute Gasteiger partial charge is 0.342 e. The first-order valence-corrected chi connectivity index (χ1v) is 7.52. The summed E-state index contributed by atoms with van der Waals surface area (Å²) in [6.45, 7) is 6.00. The molecule has 0 saturated carbocycles. The molecule has 2 aliphatic rings. The summed E-state index contributed by atoms with van der Waals surface area (Å²) in [5.74, 6) is 0.713. The molecule has 2 N–H and O–H groups in total. The Labute approximate surface area is 110 Å². The molecular formula is C14H27N3O. The van der Waals surface area contributed by atoms with E-state index in [-0.39, 0.29) is 5.92 Å². The number of nitrogens with two attached hydrogens (primary N) is 1. The summed E-state index contributed by atoms with van der Waals surface area (Å²) in [5.41, 5.74) is 5.53. The molecule has 0 aliphatic carbocycles. The molecule has 0 spiro atoms. The third-order valence-electron chi connectivity index (χ3n) is 4.28. The fraction of sp³-hybridized carbons (Fsp3) is 0.929. The van der Waals surface area contributed by atoms with Gasteiger partial charge in [-0.2, -0.15) is 0 Å². The molecule has 2 rings (SSSR count). The van der Waals surface area contributed by atoms with Crippen LogP contribution in [0.3, 0.4) is 0 Å². The average molecular weight is 253 g/mol. The molecule has 0 bridgehead atoms. The summed E-state index contributed by atoms with van der Waals surface area (Å²) in [4.78, 5) is 16.9. The molecule has 0 atom stereocenters. The van der Waals surface area contributed by atoms with E-state index in [0.29, 0.717) is 5.91 Å². The van der Waals surface area contributed by atoms with Crippen molar-refractivity contribution in [1.29, 1.82) is 0 Å². The highest BCUT2D eigenvalue weighted by Crippen LogP contribution is 2.21. The van der Waals surface area contributed by atoms with Gasteiger partial charge in [-0.1, -0.05) is 0 Å². The minimum absolute atomic E-state index is 0.289. The number of carbonyl (C=O) groups is 1. The van der Waals surface area contributed by atoms with Crippen molar-refractivity contribution in [3.05, 3.63) is 0 Å². The Hall–Kier alpha value is -0.610. The molecule has 0 radical (unpaired) electrons. The van der Waals surface area contributed by atoms with Crippen molar-refractivity contribution in [3.8, 4) is 0 Å². The Morgan fingerprint density at radius 1 is 1.06 bits per heavy atom. The zero-order valence-electron chi connectivity index (χ0n) is 11.4. The van der Waals surface area contributed by atoms with E-state index in [1.54, 1.807) is 0 Å². The molecular weight excluding hydrogens is 226 g/mol. The van der Waals surface area contributed by atoms with Gasteiger partial charge >= 0.3 is 0 Å². The fourth-order valence-corrected chi connectivity index (χ4v) is 3.09. The van der Waals surface area contributed by atoms with Gasteiger partial charge in [0.05, 0.1) is 0 Å². The quantitative estimate of drug-likeness (QED) is 0.815.